The van der Waals surface area contributed by atoms with Crippen molar-refractivity contribution in [1.82, 2.24) is 0 Å². The zero-order valence-corrected chi connectivity index (χ0v) is 10.2. The highest BCUT2D eigenvalue weighted by Gasteiger charge is 2.41. The highest BCUT2D eigenvalue weighted by molar-refractivity contribution is 6.30. The lowest BCUT2D eigenvalue weighted by Crippen LogP contribution is -2.91. The van der Waals surface area contributed by atoms with E-state index < -0.39 is 6.04 Å². The van der Waals surface area contributed by atoms with Crippen LogP contribution in [-0.2, 0) is 9.59 Å². The van der Waals surface area contributed by atoms with E-state index >= 15 is 0 Å². The van der Waals surface area contributed by atoms with Crippen LogP contribution in [0.1, 0.15) is 6.42 Å². The minimum atomic E-state index is -0.493. The van der Waals surface area contributed by atoms with E-state index in [9.17, 15) is 9.59 Å². The third-order valence-corrected chi connectivity index (χ3v) is 3.01. The number of imide groups is 1. The molecule has 2 amide bonds. The van der Waals surface area contributed by atoms with Crippen molar-refractivity contribution in [1.29, 1.82) is 5.26 Å². The molecule has 0 spiro atoms. The summed E-state index contributed by atoms with van der Waals surface area (Å²) in [4.78, 5) is 25.0. The summed E-state index contributed by atoms with van der Waals surface area (Å²) in [5, 5.41) is 10.6. The summed E-state index contributed by atoms with van der Waals surface area (Å²) < 4.78 is 0. The van der Waals surface area contributed by atoms with Gasteiger partial charge in [0.25, 0.3) is 5.91 Å². The monoisotopic (exact) mass is 264 g/mol. The Morgan fingerprint density at radius 1 is 1.39 bits per heavy atom. The fourth-order valence-electron chi connectivity index (χ4n) is 1.90. The van der Waals surface area contributed by atoms with Crippen LogP contribution in [0.2, 0.25) is 5.02 Å². The molecule has 2 rings (SSSR count). The lowest BCUT2D eigenvalue weighted by atomic mass is 10.2. The van der Waals surface area contributed by atoms with Crippen molar-refractivity contribution in [2.45, 2.75) is 12.5 Å². The van der Waals surface area contributed by atoms with Gasteiger partial charge in [-0.2, -0.15) is 5.26 Å². The molecule has 0 unspecified atom stereocenters. The van der Waals surface area contributed by atoms with E-state index in [4.69, 9.17) is 16.9 Å². The zero-order valence-electron chi connectivity index (χ0n) is 9.47. The van der Waals surface area contributed by atoms with E-state index in [2.05, 4.69) is 0 Å². The molecule has 92 valence electrons. The summed E-state index contributed by atoms with van der Waals surface area (Å²) in [6, 6.07) is 7.96. The van der Waals surface area contributed by atoms with Crippen LogP contribution in [-0.4, -0.2) is 24.4 Å². The van der Waals surface area contributed by atoms with Gasteiger partial charge in [0.15, 0.2) is 12.6 Å². The molecule has 0 radical (unpaired) electrons. The van der Waals surface area contributed by atoms with E-state index in [1.165, 1.54) is 0 Å². The molecule has 0 aromatic heterocycles. The summed E-state index contributed by atoms with van der Waals surface area (Å²) in [6.07, 6.45) is 0.128. The number of amides is 2. The average molecular weight is 265 g/mol. The first-order chi connectivity index (χ1) is 8.63. The van der Waals surface area contributed by atoms with Crippen LogP contribution >= 0.6 is 11.6 Å². The molecule has 2 N–H and O–H groups in total. The number of hydrogen-bond donors (Lipinski definition) is 1. The van der Waals surface area contributed by atoms with Gasteiger partial charge in [-0.15, -0.1) is 0 Å². The van der Waals surface area contributed by atoms with Gasteiger partial charge in [-0.3, -0.25) is 9.59 Å². The zero-order chi connectivity index (χ0) is 13.1. The van der Waals surface area contributed by atoms with E-state index in [1.807, 2.05) is 6.07 Å². The van der Waals surface area contributed by atoms with Crippen molar-refractivity contribution in [2.24, 2.45) is 0 Å². The topological polar surface area (TPSA) is 77.8 Å². The molecule has 0 bridgehead atoms. The number of nitriles is 1. The van der Waals surface area contributed by atoms with Crippen molar-refractivity contribution in [3.63, 3.8) is 0 Å². The summed E-state index contributed by atoms with van der Waals surface area (Å²) in [6.45, 7) is 0.165. The predicted molar refractivity (Wildman–Crippen MR) is 64.8 cm³/mol. The number of carbonyl (C=O) groups excluding carboxylic acids is 2. The maximum Gasteiger partial charge on any atom is 0.292 e. The Balaban J connectivity index is 2.19. The van der Waals surface area contributed by atoms with Crippen molar-refractivity contribution in [3.05, 3.63) is 29.3 Å². The maximum absolute atomic E-state index is 12.0. The first kappa shape index (κ1) is 12.6. The Labute approximate surface area is 109 Å². The third-order valence-electron chi connectivity index (χ3n) is 2.76. The van der Waals surface area contributed by atoms with Gasteiger partial charge in [-0.1, -0.05) is 11.6 Å². The van der Waals surface area contributed by atoms with E-state index in [0.717, 1.165) is 4.90 Å². The van der Waals surface area contributed by atoms with Gasteiger partial charge in [-0.25, -0.2) is 4.90 Å². The quantitative estimate of drug-likeness (QED) is 0.619. The molecular formula is C12H11ClN3O2+. The summed E-state index contributed by atoms with van der Waals surface area (Å²) >= 11 is 5.76. The number of rotatable bonds is 3. The highest BCUT2D eigenvalue weighted by atomic mass is 35.5. The molecule has 1 aromatic rings. The van der Waals surface area contributed by atoms with E-state index in [0.29, 0.717) is 10.7 Å². The molecule has 0 aliphatic carbocycles. The van der Waals surface area contributed by atoms with Crippen LogP contribution in [0.3, 0.4) is 0 Å². The first-order valence-electron chi connectivity index (χ1n) is 5.46. The first-order valence-corrected chi connectivity index (χ1v) is 5.84. The molecule has 1 heterocycles. The van der Waals surface area contributed by atoms with Crippen molar-refractivity contribution in [3.8, 4) is 6.07 Å². The van der Waals surface area contributed by atoms with E-state index in [1.54, 1.807) is 29.6 Å². The number of benzene rings is 1. The minimum absolute atomic E-state index is 0.128. The number of anilines is 1. The number of halogens is 1. The van der Waals surface area contributed by atoms with Crippen LogP contribution in [0.5, 0.6) is 0 Å². The second kappa shape index (κ2) is 5.17. The van der Waals surface area contributed by atoms with Crippen LogP contribution in [0.4, 0.5) is 5.69 Å². The van der Waals surface area contributed by atoms with Crippen LogP contribution < -0.4 is 10.2 Å². The van der Waals surface area contributed by atoms with Crippen molar-refractivity contribution >= 4 is 29.1 Å². The average Bonchev–Trinajstić information content (AvgIpc) is 2.63. The Bertz CT molecular complexity index is 521. The molecular weight excluding hydrogens is 254 g/mol. The van der Waals surface area contributed by atoms with Crippen molar-refractivity contribution < 1.29 is 14.9 Å². The molecule has 1 fully saturated rings. The summed E-state index contributed by atoms with van der Waals surface area (Å²) in [5.41, 5.74) is 0.516. The standard InChI is InChI=1S/C12H10ClN3O2/c13-8-1-3-9(4-2-8)16-11(17)7-10(12(16)18)15-6-5-14/h1-4,10,15H,6-7H2/p+1/t10-/m1/s1. The highest BCUT2D eigenvalue weighted by Crippen LogP contribution is 2.23. The van der Waals surface area contributed by atoms with Gasteiger partial charge in [0.05, 0.1) is 12.1 Å². The second-order valence-corrected chi connectivity index (χ2v) is 4.39. The molecule has 5 nitrogen and oxygen atoms in total. The Morgan fingerprint density at radius 3 is 2.67 bits per heavy atom. The second-order valence-electron chi connectivity index (χ2n) is 3.95. The smallest absolute Gasteiger partial charge is 0.292 e. The number of nitrogens with two attached hydrogens (primary N) is 1. The minimum Gasteiger partial charge on any atom is -0.324 e. The molecule has 1 aromatic carbocycles. The van der Waals surface area contributed by atoms with Gasteiger partial charge in [-0.05, 0) is 24.3 Å². The number of hydrogen-bond acceptors (Lipinski definition) is 3. The molecule has 6 heteroatoms. The lowest BCUT2D eigenvalue weighted by Gasteiger charge is -2.13. The van der Waals surface area contributed by atoms with Gasteiger partial charge >= 0.3 is 0 Å². The third kappa shape index (κ3) is 2.35. The van der Waals surface area contributed by atoms with Crippen LogP contribution in [0.15, 0.2) is 24.3 Å². The van der Waals surface area contributed by atoms with E-state index in [-0.39, 0.29) is 24.8 Å². The predicted octanol–water partition coefficient (Wildman–Crippen LogP) is 0.0589. The number of quaternary nitrogens is 1. The van der Waals surface area contributed by atoms with Crippen LogP contribution in [0, 0.1) is 11.3 Å². The van der Waals surface area contributed by atoms with Gasteiger partial charge in [0.1, 0.15) is 6.07 Å². The molecule has 1 aliphatic rings. The molecule has 1 saturated heterocycles. The van der Waals surface area contributed by atoms with Gasteiger partial charge in [0, 0.05) is 5.02 Å². The van der Waals surface area contributed by atoms with Gasteiger partial charge < -0.3 is 5.32 Å². The Morgan fingerprint density at radius 2 is 2.06 bits per heavy atom. The number of nitrogens with zero attached hydrogens (tertiary/aromatic N) is 2. The fourth-order valence-corrected chi connectivity index (χ4v) is 2.02. The van der Waals surface area contributed by atoms with Crippen molar-refractivity contribution in [2.75, 3.05) is 11.4 Å². The molecule has 1 aliphatic heterocycles. The fraction of sp³-hybridized carbons (Fsp3) is 0.250. The summed E-state index contributed by atoms with van der Waals surface area (Å²) in [7, 11) is 0. The van der Waals surface area contributed by atoms with Crippen LogP contribution in [0.25, 0.3) is 0 Å². The van der Waals surface area contributed by atoms with Gasteiger partial charge in [0.2, 0.25) is 5.91 Å². The maximum atomic E-state index is 12.0. The molecule has 1 atom stereocenters. The lowest BCUT2D eigenvalue weighted by molar-refractivity contribution is -0.664. The molecule has 0 saturated carbocycles. The Kier molecular flexibility index (Phi) is 3.60. The largest absolute Gasteiger partial charge is 0.324 e. The summed E-state index contributed by atoms with van der Waals surface area (Å²) in [5.74, 6) is -0.529. The molecule has 18 heavy (non-hydrogen) atoms. The number of carbonyl (C=O) groups is 2. The SMILES string of the molecule is N#CC[NH2+][C@@H]1CC(=O)N(c2ccc(Cl)cc2)C1=O. The normalized spacial score (nSPS) is 19.1. The Hall–Kier alpha value is -1.90.